The molecule has 5 rings (SSSR count). The summed E-state index contributed by atoms with van der Waals surface area (Å²) in [6, 6.07) is 17.2. The number of alkyl carbamates (subject to hydrolysis) is 1. The second-order valence-electron chi connectivity index (χ2n) is 10.7. The Morgan fingerprint density at radius 3 is 2.40 bits per heavy atom. The van der Waals surface area contributed by atoms with Crippen LogP contribution in [0, 0.1) is 11.6 Å². The average molecular weight is 647 g/mol. The van der Waals surface area contributed by atoms with Crippen LogP contribution in [0.25, 0.3) is 10.9 Å². The number of aryl methyl sites for hydroxylation is 2. The van der Waals surface area contributed by atoms with E-state index in [0.717, 1.165) is 11.6 Å². The van der Waals surface area contributed by atoms with Crippen LogP contribution < -0.4 is 26.7 Å². The van der Waals surface area contributed by atoms with Gasteiger partial charge in [0.15, 0.2) is 11.8 Å². The van der Waals surface area contributed by atoms with Crippen molar-refractivity contribution < 1.29 is 33.0 Å². The van der Waals surface area contributed by atoms with Gasteiger partial charge >= 0.3 is 12.1 Å². The van der Waals surface area contributed by atoms with Crippen molar-refractivity contribution >= 4 is 34.8 Å². The number of carbonyl (C=O) groups is 3. The summed E-state index contributed by atoms with van der Waals surface area (Å²) in [7, 11) is 0. The number of benzene rings is 3. The molecule has 47 heavy (non-hydrogen) atoms. The van der Waals surface area contributed by atoms with Crippen LogP contribution in [0.2, 0.25) is 0 Å². The van der Waals surface area contributed by atoms with E-state index >= 15 is 8.78 Å². The molecule has 244 valence electrons. The van der Waals surface area contributed by atoms with Gasteiger partial charge in [-0.25, -0.2) is 18.4 Å². The predicted molar refractivity (Wildman–Crippen MR) is 169 cm³/mol. The van der Waals surface area contributed by atoms with Crippen LogP contribution in [0.1, 0.15) is 27.0 Å². The monoisotopic (exact) mass is 646 g/mol. The maximum atomic E-state index is 16.0. The number of fused-ring (bicyclic) bond motifs is 1. The number of ether oxygens (including phenoxy) is 1. The van der Waals surface area contributed by atoms with E-state index in [2.05, 4.69) is 26.3 Å². The average Bonchev–Trinajstić information content (AvgIpc) is 3.60. The number of halogens is 2. The van der Waals surface area contributed by atoms with Gasteiger partial charge in [0.25, 0.3) is 5.91 Å². The molecule has 5 N–H and O–H groups in total. The van der Waals surface area contributed by atoms with Gasteiger partial charge in [-0.15, -0.1) is 0 Å². The number of amides is 2. The number of hydrogen-bond acceptors (Lipinski definition) is 8. The van der Waals surface area contributed by atoms with Crippen LogP contribution >= 0.6 is 0 Å². The summed E-state index contributed by atoms with van der Waals surface area (Å²) in [6.07, 6.45) is 0.527. The molecule has 1 atom stereocenters. The molecule has 0 aliphatic carbocycles. The first kappa shape index (κ1) is 32.6. The van der Waals surface area contributed by atoms with E-state index in [1.54, 1.807) is 30.3 Å². The van der Waals surface area contributed by atoms with E-state index in [-0.39, 0.29) is 36.2 Å². The summed E-state index contributed by atoms with van der Waals surface area (Å²) in [5, 5.41) is 19.6. The smallest absolute Gasteiger partial charge is 0.408 e. The number of pyridine rings is 1. The minimum atomic E-state index is -1.60. The second kappa shape index (κ2) is 15.0. The molecule has 1 aliphatic heterocycles. The van der Waals surface area contributed by atoms with Gasteiger partial charge in [-0.1, -0.05) is 60.7 Å². The maximum absolute atomic E-state index is 16.0. The summed E-state index contributed by atoms with van der Waals surface area (Å²) in [5.41, 5.74) is -0.333. The summed E-state index contributed by atoms with van der Waals surface area (Å²) >= 11 is 0. The molecule has 0 saturated heterocycles. The molecule has 1 aliphatic rings. The summed E-state index contributed by atoms with van der Waals surface area (Å²) < 4.78 is 37.7. The number of hydrogen-bond donors (Lipinski definition) is 5. The standard InChI is InChI=1S/C33H32F2N6O6/c34-25-15-22-28(27(35)23(25)16-39-32-36-12-13-37-32)41(14-11-20-7-3-1-4-8-20)18-24(29(22)42)30(43)38-17-26(31(44)45)40-33(46)47-19-21-9-5-2-6-10-21/h1-10,15,18,26H,11-14,16-17,19H2,(H,38,43)(H,40,46)(H,44,45)(H2,36,37,39). The van der Waals surface area contributed by atoms with Gasteiger partial charge in [0, 0.05) is 37.9 Å². The van der Waals surface area contributed by atoms with Crippen molar-refractivity contribution in [3.05, 3.63) is 117 Å². The predicted octanol–water partition coefficient (Wildman–Crippen LogP) is 2.68. The van der Waals surface area contributed by atoms with Crippen LogP contribution in [0.4, 0.5) is 13.6 Å². The van der Waals surface area contributed by atoms with Gasteiger partial charge in [-0.3, -0.25) is 14.6 Å². The fraction of sp³-hybridized carbons (Fsp3) is 0.242. The van der Waals surface area contributed by atoms with E-state index in [1.807, 2.05) is 30.3 Å². The van der Waals surface area contributed by atoms with Crippen molar-refractivity contribution in [2.45, 2.75) is 32.2 Å². The van der Waals surface area contributed by atoms with Gasteiger partial charge in [-0.05, 0) is 23.6 Å². The zero-order valence-electron chi connectivity index (χ0n) is 25.1. The van der Waals surface area contributed by atoms with Crippen molar-refractivity contribution in [3.8, 4) is 0 Å². The number of rotatable bonds is 12. The van der Waals surface area contributed by atoms with E-state index in [0.29, 0.717) is 31.0 Å². The van der Waals surface area contributed by atoms with Crippen LogP contribution in [-0.4, -0.2) is 59.3 Å². The van der Waals surface area contributed by atoms with Crippen LogP contribution in [0.15, 0.2) is 82.7 Å². The Morgan fingerprint density at radius 2 is 1.74 bits per heavy atom. The van der Waals surface area contributed by atoms with Crippen LogP contribution in [0.3, 0.4) is 0 Å². The third-order valence-electron chi connectivity index (χ3n) is 7.45. The molecule has 0 bridgehead atoms. The van der Waals surface area contributed by atoms with Gasteiger partial charge < -0.3 is 35.7 Å². The normalized spacial score (nSPS) is 12.9. The zero-order chi connectivity index (χ0) is 33.3. The van der Waals surface area contributed by atoms with E-state index < -0.39 is 53.2 Å². The van der Waals surface area contributed by atoms with Gasteiger partial charge in [0.1, 0.15) is 24.0 Å². The number of nitrogens with one attached hydrogen (secondary N) is 4. The third kappa shape index (κ3) is 8.09. The largest absolute Gasteiger partial charge is 0.480 e. The number of aliphatic carboxylic acids is 1. The quantitative estimate of drug-likeness (QED) is 0.157. The van der Waals surface area contributed by atoms with Crippen molar-refractivity contribution in [3.63, 3.8) is 0 Å². The molecule has 3 aromatic carbocycles. The highest BCUT2D eigenvalue weighted by Gasteiger charge is 2.25. The SMILES string of the molecule is O=C(NC(CNC(=O)c1cn(CCc2ccccc2)c2c(F)c(CNC3=NCCN3)c(F)cc2c1=O)C(=O)O)OCc1ccccc1. The zero-order valence-corrected chi connectivity index (χ0v) is 25.1. The second-order valence-corrected chi connectivity index (χ2v) is 10.7. The topological polar surface area (TPSA) is 163 Å². The third-order valence-corrected chi connectivity index (χ3v) is 7.45. The number of carbonyl (C=O) groups excluding carboxylic acids is 2. The van der Waals surface area contributed by atoms with Gasteiger partial charge in [0.2, 0.25) is 5.43 Å². The molecule has 12 nitrogen and oxygen atoms in total. The highest BCUT2D eigenvalue weighted by atomic mass is 19.1. The molecular formula is C33H32F2N6O6. The number of carboxylic acids is 1. The highest BCUT2D eigenvalue weighted by Crippen LogP contribution is 2.24. The lowest BCUT2D eigenvalue weighted by molar-refractivity contribution is -0.139. The van der Waals surface area contributed by atoms with Crippen molar-refractivity contribution in [1.82, 2.24) is 25.8 Å². The molecular weight excluding hydrogens is 614 g/mol. The summed E-state index contributed by atoms with van der Waals surface area (Å²) in [4.78, 5) is 55.0. The summed E-state index contributed by atoms with van der Waals surface area (Å²) in [6.45, 7) is 0.277. The highest BCUT2D eigenvalue weighted by molar-refractivity contribution is 5.98. The lowest BCUT2D eigenvalue weighted by Gasteiger charge is -2.18. The molecule has 0 radical (unpaired) electrons. The van der Waals surface area contributed by atoms with Crippen molar-refractivity contribution in [2.75, 3.05) is 19.6 Å². The van der Waals surface area contributed by atoms with E-state index in [4.69, 9.17) is 4.74 Å². The molecule has 2 heterocycles. The van der Waals surface area contributed by atoms with Gasteiger partial charge in [0.05, 0.1) is 17.4 Å². The molecule has 14 heteroatoms. The lowest BCUT2D eigenvalue weighted by atomic mass is 10.0. The summed E-state index contributed by atoms with van der Waals surface area (Å²) in [5.74, 6) is -4.02. The Morgan fingerprint density at radius 1 is 1.04 bits per heavy atom. The van der Waals surface area contributed by atoms with Crippen molar-refractivity contribution in [1.29, 1.82) is 0 Å². The molecule has 0 fully saturated rings. The van der Waals surface area contributed by atoms with Gasteiger partial charge in [-0.2, -0.15) is 0 Å². The molecule has 1 unspecified atom stereocenters. The fourth-order valence-electron chi connectivity index (χ4n) is 5.01. The number of carboxylic acid groups (broad SMARTS) is 1. The maximum Gasteiger partial charge on any atom is 0.408 e. The first-order valence-electron chi connectivity index (χ1n) is 14.8. The number of aliphatic imine (C=N–C) groups is 1. The minimum Gasteiger partial charge on any atom is -0.480 e. The first-order chi connectivity index (χ1) is 22.7. The Kier molecular flexibility index (Phi) is 10.4. The molecule has 2 amide bonds. The first-order valence-corrected chi connectivity index (χ1v) is 14.8. The molecule has 4 aromatic rings. The Hall–Kier alpha value is -5.79. The number of aromatic nitrogens is 1. The lowest BCUT2D eigenvalue weighted by Crippen LogP contribution is -2.49. The van der Waals surface area contributed by atoms with Crippen LogP contribution in [0.5, 0.6) is 0 Å². The molecule has 0 spiro atoms. The Balaban J connectivity index is 1.39. The number of guanidine groups is 1. The Bertz CT molecular complexity index is 1870. The van der Waals surface area contributed by atoms with E-state index in [9.17, 15) is 24.3 Å². The molecule has 0 saturated carbocycles. The van der Waals surface area contributed by atoms with Crippen molar-refractivity contribution in [2.24, 2.45) is 4.99 Å². The van der Waals surface area contributed by atoms with E-state index in [1.165, 1.54) is 10.8 Å². The Labute approximate surface area is 267 Å². The molecule has 1 aromatic heterocycles. The van der Waals surface area contributed by atoms with Crippen LogP contribution in [-0.2, 0) is 35.6 Å². The number of nitrogens with zero attached hydrogens (tertiary/aromatic N) is 2. The minimum absolute atomic E-state index is 0.110. The fourth-order valence-corrected chi connectivity index (χ4v) is 5.01.